The maximum absolute atomic E-state index is 12.1. The first-order valence-electron chi connectivity index (χ1n) is 10.3. The Morgan fingerprint density at radius 1 is 1.16 bits per heavy atom. The zero-order valence-electron chi connectivity index (χ0n) is 17.8. The molecule has 0 radical (unpaired) electrons. The lowest BCUT2D eigenvalue weighted by Gasteiger charge is -2.32. The SMILES string of the molecule is COc1cc(/C=C/C(=O)OCC(=O)Nc2ccc(N3CCC(C)CC3)cc2)ccc1O. The molecule has 164 valence electrons. The van der Waals surface area contributed by atoms with Crippen molar-refractivity contribution in [3.8, 4) is 11.5 Å². The van der Waals surface area contributed by atoms with Crippen LogP contribution in [0, 0.1) is 5.92 Å². The summed E-state index contributed by atoms with van der Waals surface area (Å²) in [5.41, 5.74) is 2.45. The highest BCUT2D eigenvalue weighted by Gasteiger charge is 2.16. The number of ether oxygens (including phenoxy) is 2. The first kappa shape index (κ1) is 22.2. The smallest absolute Gasteiger partial charge is 0.331 e. The van der Waals surface area contributed by atoms with Gasteiger partial charge in [-0.15, -0.1) is 0 Å². The van der Waals surface area contributed by atoms with E-state index in [1.54, 1.807) is 12.1 Å². The minimum atomic E-state index is -0.642. The lowest BCUT2D eigenvalue weighted by atomic mass is 9.99. The van der Waals surface area contributed by atoms with Crippen molar-refractivity contribution in [2.24, 2.45) is 5.92 Å². The van der Waals surface area contributed by atoms with Crippen LogP contribution in [0.5, 0.6) is 11.5 Å². The van der Waals surface area contributed by atoms with Crippen LogP contribution in [0.25, 0.3) is 6.08 Å². The maximum Gasteiger partial charge on any atom is 0.331 e. The van der Waals surface area contributed by atoms with Gasteiger partial charge < -0.3 is 24.8 Å². The lowest BCUT2D eigenvalue weighted by molar-refractivity contribution is -0.142. The van der Waals surface area contributed by atoms with Crippen molar-refractivity contribution < 1.29 is 24.2 Å². The summed E-state index contributed by atoms with van der Waals surface area (Å²) in [6, 6.07) is 12.4. The van der Waals surface area contributed by atoms with E-state index in [4.69, 9.17) is 9.47 Å². The van der Waals surface area contributed by atoms with E-state index in [9.17, 15) is 14.7 Å². The maximum atomic E-state index is 12.1. The van der Waals surface area contributed by atoms with Crippen molar-refractivity contribution in [2.45, 2.75) is 19.8 Å². The summed E-state index contributed by atoms with van der Waals surface area (Å²) in [6.07, 6.45) is 5.12. The van der Waals surface area contributed by atoms with E-state index in [0.717, 1.165) is 24.7 Å². The third kappa shape index (κ3) is 6.50. The minimum absolute atomic E-state index is 0.0115. The fraction of sp³-hybridized carbons (Fsp3) is 0.333. The summed E-state index contributed by atoms with van der Waals surface area (Å²) < 4.78 is 10.00. The number of benzene rings is 2. The van der Waals surface area contributed by atoms with Gasteiger partial charge in [-0.1, -0.05) is 13.0 Å². The summed E-state index contributed by atoms with van der Waals surface area (Å²) in [5, 5.41) is 12.3. The largest absolute Gasteiger partial charge is 0.504 e. The Morgan fingerprint density at radius 3 is 2.55 bits per heavy atom. The van der Waals surface area contributed by atoms with Gasteiger partial charge in [-0.3, -0.25) is 4.79 Å². The van der Waals surface area contributed by atoms with Gasteiger partial charge in [0, 0.05) is 30.5 Å². The van der Waals surface area contributed by atoms with E-state index < -0.39 is 11.9 Å². The van der Waals surface area contributed by atoms with Gasteiger partial charge in [0.05, 0.1) is 7.11 Å². The number of phenols is 1. The van der Waals surface area contributed by atoms with Crippen molar-refractivity contribution >= 4 is 29.3 Å². The molecular weight excluding hydrogens is 396 g/mol. The Morgan fingerprint density at radius 2 is 1.87 bits per heavy atom. The summed E-state index contributed by atoms with van der Waals surface area (Å²) >= 11 is 0. The van der Waals surface area contributed by atoms with Crippen molar-refractivity contribution in [3.63, 3.8) is 0 Å². The molecule has 0 atom stereocenters. The average Bonchev–Trinajstić information content (AvgIpc) is 2.78. The molecule has 1 heterocycles. The standard InChI is InChI=1S/C24H28N2O5/c1-17-11-13-26(14-12-17)20-7-5-19(6-8-20)25-23(28)16-31-24(29)10-4-18-3-9-21(27)22(15-18)30-2/h3-10,15,17,27H,11-14,16H2,1-2H3,(H,25,28)/b10-4+. The molecule has 1 saturated heterocycles. The number of methoxy groups -OCH3 is 1. The normalized spacial score (nSPS) is 14.5. The number of esters is 1. The van der Waals surface area contributed by atoms with Crippen molar-refractivity contribution in [3.05, 3.63) is 54.1 Å². The van der Waals surface area contributed by atoms with Crippen molar-refractivity contribution in [2.75, 3.05) is 37.0 Å². The van der Waals surface area contributed by atoms with Crippen LogP contribution in [0.3, 0.4) is 0 Å². The molecule has 0 spiro atoms. The molecule has 2 aromatic rings. The topological polar surface area (TPSA) is 88.1 Å². The van der Waals surface area contributed by atoms with Gasteiger partial charge in [0.15, 0.2) is 18.1 Å². The molecule has 31 heavy (non-hydrogen) atoms. The number of amides is 1. The summed E-state index contributed by atoms with van der Waals surface area (Å²) in [4.78, 5) is 26.3. The summed E-state index contributed by atoms with van der Waals surface area (Å²) in [7, 11) is 1.44. The van der Waals surface area contributed by atoms with Crippen LogP contribution in [-0.2, 0) is 14.3 Å². The number of rotatable bonds is 7. The molecule has 0 aromatic heterocycles. The van der Waals surface area contributed by atoms with Gasteiger partial charge >= 0.3 is 5.97 Å². The first-order chi connectivity index (χ1) is 14.9. The zero-order valence-corrected chi connectivity index (χ0v) is 17.8. The molecule has 0 saturated carbocycles. The number of anilines is 2. The molecule has 1 amide bonds. The van der Waals surface area contributed by atoms with E-state index in [1.165, 1.54) is 38.2 Å². The van der Waals surface area contributed by atoms with Crippen molar-refractivity contribution in [1.29, 1.82) is 0 Å². The number of hydrogen-bond donors (Lipinski definition) is 2. The summed E-state index contributed by atoms with van der Waals surface area (Å²) in [6.45, 7) is 4.00. The third-order valence-corrected chi connectivity index (χ3v) is 5.26. The van der Waals surface area contributed by atoms with E-state index in [2.05, 4.69) is 17.1 Å². The number of hydrogen-bond acceptors (Lipinski definition) is 6. The Balaban J connectivity index is 1.44. The minimum Gasteiger partial charge on any atom is -0.504 e. The molecule has 3 rings (SSSR count). The number of nitrogens with zero attached hydrogens (tertiary/aromatic N) is 1. The number of phenolic OH excluding ortho intramolecular Hbond substituents is 1. The second-order valence-electron chi connectivity index (χ2n) is 7.64. The zero-order chi connectivity index (χ0) is 22.2. The van der Waals surface area contributed by atoms with Gasteiger partial charge in [0.25, 0.3) is 5.91 Å². The van der Waals surface area contributed by atoms with Crippen LogP contribution in [0.4, 0.5) is 11.4 Å². The lowest BCUT2D eigenvalue weighted by Crippen LogP contribution is -2.32. The molecule has 2 aromatic carbocycles. The molecule has 2 N–H and O–H groups in total. The van der Waals surface area contributed by atoms with Gasteiger partial charge in [0.2, 0.25) is 0 Å². The van der Waals surface area contributed by atoms with E-state index in [-0.39, 0.29) is 12.4 Å². The molecule has 0 bridgehead atoms. The number of piperidine rings is 1. The first-order valence-corrected chi connectivity index (χ1v) is 10.3. The van der Waals surface area contributed by atoms with Crippen LogP contribution in [0.15, 0.2) is 48.5 Å². The molecule has 0 aliphatic carbocycles. The van der Waals surface area contributed by atoms with Gasteiger partial charge in [-0.2, -0.15) is 0 Å². The summed E-state index contributed by atoms with van der Waals surface area (Å²) in [5.74, 6) is 0.0361. The fourth-order valence-corrected chi connectivity index (χ4v) is 3.37. The highest BCUT2D eigenvalue weighted by atomic mass is 16.5. The van der Waals surface area contributed by atoms with E-state index >= 15 is 0 Å². The molecule has 7 nitrogen and oxygen atoms in total. The predicted molar refractivity (Wildman–Crippen MR) is 120 cm³/mol. The van der Waals surface area contributed by atoms with E-state index in [0.29, 0.717) is 17.0 Å². The molecular formula is C24H28N2O5. The predicted octanol–water partition coefficient (Wildman–Crippen LogP) is 3.83. The number of carbonyl (C=O) groups excluding carboxylic acids is 2. The molecule has 1 aliphatic rings. The van der Waals surface area contributed by atoms with Crippen LogP contribution < -0.4 is 15.0 Å². The second-order valence-corrected chi connectivity index (χ2v) is 7.64. The Labute approximate surface area is 182 Å². The molecule has 0 unspecified atom stereocenters. The van der Waals surface area contributed by atoms with Crippen LogP contribution in [-0.4, -0.2) is 43.8 Å². The van der Waals surface area contributed by atoms with E-state index in [1.807, 2.05) is 24.3 Å². The van der Waals surface area contributed by atoms with Crippen LogP contribution in [0.2, 0.25) is 0 Å². The second kappa shape index (κ2) is 10.5. The average molecular weight is 424 g/mol. The van der Waals surface area contributed by atoms with Gasteiger partial charge in [0.1, 0.15) is 0 Å². The van der Waals surface area contributed by atoms with Gasteiger partial charge in [-0.25, -0.2) is 4.79 Å². The number of aromatic hydroxyl groups is 1. The van der Waals surface area contributed by atoms with Gasteiger partial charge in [-0.05, 0) is 66.8 Å². The highest BCUT2D eigenvalue weighted by Crippen LogP contribution is 2.27. The van der Waals surface area contributed by atoms with Crippen LogP contribution >= 0.6 is 0 Å². The Kier molecular flexibility index (Phi) is 7.54. The van der Waals surface area contributed by atoms with Crippen molar-refractivity contribution in [1.82, 2.24) is 0 Å². The Hall–Kier alpha value is -3.48. The molecule has 7 heteroatoms. The molecule has 1 fully saturated rings. The highest BCUT2D eigenvalue weighted by molar-refractivity contribution is 5.94. The molecule has 1 aliphatic heterocycles. The monoisotopic (exact) mass is 424 g/mol. The Bertz CT molecular complexity index is 931. The third-order valence-electron chi connectivity index (χ3n) is 5.26. The quantitative estimate of drug-likeness (QED) is 0.519. The number of nitrogens with one attached hydrogen (secondary N) is 1. The van der Waals surface area contributed by atoms with Crippen LogP contribution in [0.1, 0.15) is 25.3 Å². The fourth-order valence-electron chi connectivity index (χ4n) is 3.37. The number of carbonyl (C=O) groups is 2.